The molecule has 1 aromatic rings. The second-order valence-electron chi connectivity index (χ2n) is 9.18. The fourth-order valence-electron chi connectivity index (χ4n) is 7.15. The molecule has 0 bridgehead atoms. The van der Waals surface area contributed by atoms with Crippen LogP contribution in [0.2, 0.25) is 0 Å². The maximum Gasteiger partial charge on any atom is 0.380 e. The van der Waals surface area contributed by atoms with E-state index < -0.39 is 10.3 Å². The summed E-state index contributed by atoms with van der Waals surface area (Å²) in [4.78, 5) is 0. The molecule has 0 aliphatic heterocycles. The van der Waals surface area contributed by atoms with E-state index in [2.05, 4.69) is 6.92 Å². The second-order valence-corrected chi connectivity index (χ2v) is 10.3. The molecule has 3 fully saturated rings. The Morgan fingerprint density at radius 1 is 1.26 bits per heavy atom. The van der Waals surface area contributed by atoms with Crippen LogP contribution < -0.4 is 14.1 Å². The molecule has 148 valence electrons. The summed E-state index contributed by atoms with van der Waals surface area (Å²) in [6, 6.07) is 3.74. The zero-order valence-electron chi connectivity index (χ0n) is 15.8. The molecule has 0 amide bonds. The minimum Gasteiger partial charge on any atom is -0.493 e. The Bertz CT molecular complexity index is 915. The van der Waals surface area contributed by atoms with Crippen LogP contribution in [0.1, 0.15) is 56.1 Å². The van der Waals surface area contributed by atoms with Crippen LogP contribution in [0.15, 0.2) is 12.1 Å². The van der Waals surface area contributed by atoms with Crippen LogP contribution in [0.3, 0.4) is 0 Å². The second kappa shape index (κ2) is 5.39. The number of methoxy groups -OCH3 is 1. The van der Waals surface area contributed by atoms with E-state index in [0.717, 1.165) is 37.7 Å². The van der Waals surface area contributed by atoms with E-state index in [9.17, 15) is 13.5 Å². The average molecular weight is 394 g/mol. The van der Waals surface area contributed by atoms with Gasteiger partial charge in [0.2, 0.25) is 0 Å². The van der Waals surface area contributed by atoms with Crippen LogP contribution in [-0.2, 0) is 16.7 Å². The molecular weight excluding hydrogens is 366 g/mol. The number of ether oxygens (including phenoxy) is 1. The predicted octanol–water partition coefficient (Wildman–Crippen LogP) is 2.49. The SMILES string of the molecule is COc1cc2c(cc1OS(N)(=O)=O)CC[C@@H]1[C@@H]2CC[C@]2(C)[C@H](O)C[C@@H]3C[C@]312. The Balaban J connectivity index is 1.55. The first-order valence-corrected chi connectivity index (χ1v) is 11.3. The standard InChI is InChI=1S/C20H27NO5S/c1-19-6-5-13-14-9-16(25-2)17(26-27(21,23)24)7-11(14)3-4-15(13)20(19)10-12(20)8-18(19)22/h7,9,12-13,15,18,22H,3-6,8,10H2,1-2H3,(H2,21,23,24)/t12-,13-,15-,18-,19-,20+/m1/s1. The van der Waals surface area contributed by atoms with Crippen LogP contribution in [0.5, 0.6) is 11.5 Å². The Labute approximate surface area is 160 Å². The van der Waals surface area contributed by atoms with Crippen LogP contribution in [-0.4, -0.2) is 26.7 Å². The molecule has 0 radical (unpaired) electrons. The minimum absolute atomic E-state index is 0.0527. The quantitative estimate of drug-likeness (QED) is 0.822. The first-order valence-electron chi connectivity index (χ1n) is 9.81. The Morgan fingerprint density at radius 2 is 2.04 bits per heavy atom. The summed E-state index contributed by atoms with van der Waals surface area (Å²) in [5.41, 5.74) is 2.73. The van der Waals surface area contributed by atoms with Crippen molar-refractivity contribution in [1.29, 1.82) is 0 Å². The zero-order valence-corrected chi connectivity index (χ0v) is 16.6. The Kier molecular flexibility index (Phi) is 3.55. The van der Waals surface area contributed by atoms with Gasteiger partial charge in [-0.2, -0.15) is 13.6 Å². The van der Waals surface area contributed by atoms with E-state index in [4.69, 9.17) is 14.1 Å². The van der Waals surface area contributed by atoms with Gasteiger partial charge in [0.15, 0.2) is 11.5 Å². The van der Waals surface area contributed by atoms with E-state index in [-0.39, 0.29) is 22.7 Å². The van der Waals surface area contributed by atoms with Crippen molar-refractivity contribution in [1.82, 2.24) is 0 Å². The number of fused-ring (bicyclic) bond motifs is 3. The summed E-state index contributed by atoms with van der Waals surface area (Å²) >= 11 is 0. The van der Waals surface area contributed by atoms with Gasteiger partial charge in [0.1, 0.15) is 0 Å². The summed E-state index contributed by atoms with van der Waals surface area (Å²) in [6.45, 7) is 2.31. The van der Waals surface area contributed by atoms with Crippen LogP contribution in [0.25, 0.3) is 0 Å². The number of aryl methyl sites for hydroxylation is 1. The number of hydrogen-bond acceptors (Lipinski definition) is 5. The van der Waals surface area contributed by atoms with E-state index in [1.54, 1.807) is 6.07 Å². The summed E-state index contributed by atoms with van der Waals surface area (Å²) < 4.78 is 33.1. The monoisotopic (exact) mass is 393 g/mol. The molecule has 1 spiro atoms. The summed E-state index contributed by atoms with van der Waals surface area (Å²) in [6.07, 6.45) is 6.11. The number of nitrogens with two attached hydrogens (primary N) is 1. The lowest BCUT2D eigenvalue weighted by Crippen LogP contribution is -2.47. The third-order valence-electron chi connectivity index (χ3n) is 8.34. The Hall–Kier alpha value is -1.31. The molecule has 0 saturated heterocycles. The molecule has 5 rings (SSSR count). The largest absolute Gasteiger partial charge is 0.493 e. The molecule has 6 nitrogen and oxygen atoms in total. The number of hydrogen-bond donors (Lipinski definition) is 2. The Morgan fingerprint density at radius 3 is 2.74 bits per heavy atom. The van der Waals surface area contributed by atoms with Gasteiger partial charge in [-0.05, 0) is 90.4 Å². The van der Waals surface area contributed by atoms with Crippen molar-refractivity contribution >= 4 is 10.3 Å². The van der Waals surface area contributed by atoms with Crippen LogP contribution >= 0.6 is 0 Å². The maximum atomic E-state index is 11.4. The summed E-state index contributed by atoms with van der Waals surface area (Å²) in [5.74, 6) is 2.26. The molecule has 4 aliphatic carbocycles. The lowest BCUT2D eigenvalue weighted by Gasteiger charge is -2.52. The fourth-order valence-corrected chi connectivity index (χ4v) is 7.53. The van der Waals surface area contributed by atoms with Crippen molar-refractivity contribution < 1.29 is 22.4 Å². The molecule has 27 heavy (non-hydrogen) atoms. The van der Waals surface area contributed by atoms with Crippen molar-refractivity contribution in [2.45, 2.75) is 57.5 Å². The van der Waals surface area contributed by atoms with Gasteiger partial charge in [0.05, 0.1) is 13.2 Å². The molecule has 0 unspecified atom stereocenters. The van der Waals surface area contributed by atoms with Gasteiger partial charge in [-0.1, -0.05) is 6.92 Å². The lowest BCUT2D eigenvalue weighted by molar-refractivity contribution is -0.0558. The topological polar surface area (TPSA) is 98.9 Å². The van der Waals surface area contributed by atoms with Gasteiger partial charge in [-0.25, -0.2) is 0 Å². The molecule has 3 N–H and O–H groups in total. The molecule has 4 aliphatic rings. The normalized spacial score (nSPS) is 41.8. The number of benzene rings is 1. The van der Waals surface area contributed by atoms with Gasteiger partial charge >= 0.3 is 10.3 Å². The van der Waals surface area contributed by atoms with E-state index in [1.807, 2.05) is 6.07 Å². The molecule has 1 aromatic carbocycles. The smallest absolute Gasteiger partial charge is 0.380 e. The van der Waals surface area contributed by atoms with Gasteiger partial charge < -0.3 is 14.0 Å². The lowest BCUT2D eigenvalue weighted by atomic mass is 9.52. The van der Waals surface area contributed by atoms with Gasteiger partial charge in [0.25, 0.3) is 0 Å². The third-order valence-corrected chi connectivity index (χ3v) is 8.75. The zero-order chi connectivity index (χ0) is 19.2. The molecule has 0 heterocycles. The number of aliphatic hydroxyl groups excluding tert-OH is 1. The molecule has 7 heteroatoms. The first kappa shape index (κ1) is 17.8. The molecule has 0 aromatic heterocycles. The van der Waals surface area contributed by atoms with Gasteiger partial charge in [0, 0.05) is 0 Å². The fraction of sp³-hybridized carbons (Fsp3) is 0.700. The highest BCUT2D eigenvalue weighted by atomic mass is 32.2. The van der Waals surface area contributed by atoms with Crippen molar-refractivity contribution in [2.24, 2.45) is 27.8 Å². The predicted molar refractivity (Wildman–Crippen MR) is 99.8 cm³/mol. The van der Waals surface area contributed by atoms with Crippen molar-refractivity contribution in [3.63, 3.8) is 0 Å². The molecule has 3 saturated carbocycles. The average Bonchev–Trinajstić information content (AvgIpc) is 3.25. The number of aliphatic hydroxyl groups is 1. The molecule has 6 atom stereocenters. The first-order chi connectivity index (χ1) is 12.7. The highest BCUT2D eigenvalue weighted by Gasteiger charge is 2.76. The maximum absolute atomic E-state index is 11.4. The summed E-state index contributed by atoms with van der Waals surface area (Å²) in [5, 5.41) is 15.7. The van der Waals surface area contributed by atoms with Crippen LogP contribution in [0.4, 0.5) is 0 Å². The van der Waals surface area contributed by atoms with E-state index in [0.29, 0.717) is 23.5 Å². The van der Waals surface area contributed by atoms with Crippen molar-refractivity contribution in [3.8, 4) is 11.5 Å². The molecular formula is C20H27NO5S. The third kappa shape index (κ3) is 2.28. The number of rotatable bonds is 3. The van der Waals surface area contributed by atoms with E-state index >= 15 is 0 Å². The highest BCUT2D eigenvalue weighted by Crippen LogP contribution is 2.81. The summed E-state index contributed by atoms with van der Waals surface area (Å²) in [7, 11) is -2.58. The van der Waals surface area contributed by atoms with Gasteiger partial charge in [-0.15, -0.1) is 0 Å². The van der Waals surface area contributed by atoms with Crippen LogP contribution in [0, 0.1) is 22.7 Å². The van der Waals surface area contributed by atoms with Crippen molar-refractivity contribution in [3.05, 3.63) is 23.3 Å². The highest BCUT2D eigenvalue weighted by molar-refractivity contribution is 7.84. The van der Waals surface area contributed by atoms with Crippen molar-refractivity contribution in [2.75, 3.05) is 7.11 Å². The van der Waals surface area contributed by atoms with E-state index in [1.165, 1.54) is 19.1 Å². The minimum atomic E-state index is -4.10. The van der Waals surface area contributed by atoms with Gasteiger partial charge in [-0.3, -0.25) is 0 Å².